The van der Waals surface area contributed by atoms with Crippen LogP contribution >= 0.6 is 0 Å². The maximum atomic E-state index is 11.8. The van der Waals surface area contributed by atoms with E-state index in [1.54, 1.807) is 18.2 Å². The Morgan fingerprint density at radius 3 is 2.74 bits per heavy atom. The number of carbonyl (C=O) groups is 1. The van der Waals surface area contributed by atoms with Crippen molar-refractivity contribution in [2.24, 2.45) is 4.99 Å². The van der Waals surface area contributed by atoms with E-state index in [1.807, 2.05) is 36.9 Å². The highest BCUT2D eigenvalue weighted by molar-refractivity contribution is 5.83. The normalized spacial score (nSPS) is 24.6. The molecule has 27 heavy (non-hydrogen) atoms. The van der Waals surface area contributed by atoms with E-state index in [0.29, 0.717) is 30.4 Å². The van der Waals surface area contributed by atoms with Crippen LogP contribution in [-0.4, -0.2) is 53.6 Å². The minimum atomic E-state index is -0.809. The summed E-state index contributed by atoms with van der Waals surface area (Å²) in [7, 11) is 1.86. The lowest BCUT2D eigenvalue weighted by atomic mass is 9.84. The maximum Gasteiger partial charge on any atom is 0.303 e. The highest BCUT2D eigenvalue weighted by atomic mass is 16.6. The van der Waals surface area contributed by atoms with E-state index < -0.39 is 23.7 Å². The van der Waals surface area contributed by atoms with E-state index in [1.165, 1.54) is 6.92 Å². The van der Waals surface area contributed by atoms with Gasteiger partial charge < -0.3 is 19.3 Å². The number of rotatable bonds is 2. The van der Waals surface area contributed by atoms with Gasteiger partial charge in [-0.25, -0.2) is 0 Å². The van der Waals surface area contributed by atoms with Crippen LogP contribution in [0.15, 0.2) is 23.2 Å². The highest BCUT2D eigenvalue weighted by Gasteiger charge is 2.50. The molecule has 0 amide bonds. The molecule has 2 atom stereocenters. The van der Waals surface area contributed by atoms with Crippen LogP contribution in [0.4, 0.5) is 0 Å². The molecule has 8 nitrogen and oxygen atoms in total. The number of ether oxygens (including phenoxy) is 2. The summed E-state index contributed by atoms with van der Waals surface area (Å²) in [5.41, 5.74) is 0.409. The molecule has 0 N–H and O–H groups in total. The number of hydrogen-bond acceptors (Lipinski definition) is 6. The second-order valence-corrected chi connectivity index (χ2v) is 7.17. The average Bonchev–Trinajstić information content (AvgIpc) is 2.96. The first-order chi connectivity index (χ1) is 12.8. The van der Waals surface area contributed by atoms with Crippen molar-refractivity contribution < 1.29 is 14.3 Å². The fourth-order valence-corrected chi connectivity index (χ4v) is 3.68. The van der Waals surface area contributed by atoms with E-state index in [9.17, 15) is 10.1 Å². The molecule has 2 unspecified atom stereocenters. The minimum Gasteiger partial charge on any atom is -0.484 e. The van der Waals surface area contributed by atoms with Gasteiger partial charge in [0.1, 0.15) is 17.4 Å². The summed E-state index contributed by atoms with van der Waals surface area (Å²) >= 11 is 0. The molecule has 2 heterocycles. The number of esters is 1. The van der Waals surface area contributed by atoms with Gasteiger partial charge in [0, 0.05) is 32.6 Å². The van der Waals surface area contributed by atoms with Gasteiger partial charge >= 0.3 is 5.97 Å². The molecule has 1 aromatic carbocycles. The Balaban J connectivity index is 2.19. The average molecular weight is 367 g/mol. The van der Waals surface area contributed by atoms with Crippen LogP contribution < -0.4 is 4.74 Å². The number of fused-ring (bicyclic) bond motifs is 1. The highest BCUT2D eigenvalue weighted by Crippen LogP contribution is 2.45. The molecular formula is C19H21N5O3. The van der Waals surface area contributed by atoms with Crippen molar-refractivity contribution >= 4 is 11.9 Å². The van der Waals surface area contributed by atoms with Gasteiger partial charge in [-0.05, 0) is 32.0 Å². The summed E-state index contributed by atoms with van der Waals surface area (Å²) < 4.78 is 11.8. The Hall–Kier alpha value is -3.26. The molecule has 0 spiro atoms. The van der Waals surface area contributed by atoms with E-state index >= 15 is 0 Å². The van der Waals surface area contributed by atoms with Crippen LogP contribution in [0.3, 0.4) is 0 Å². The Labute approximate surface area is 158 Å². The van der Waals surface area contributed by atoms with E-state index in [4.69, 9.17) is 14.7 Å². The molecule has 2 aliphatic heterocycles. The maximum absolute atomic E-state index is 11.8. The summed E-state index contributed by atoms with van der Waals surface area (Å²) in [6, 6.07) is 6.90. The van der Waals surface area contributed by atoms with Gasteiger partial charge in [-0.1, -0.05) is 0 Å². The van der Waals surface area contributed by atoms with Crippen molar-refractivity contribution in [3.63, 3.8) is 0 Å². The number of hydrogen-bond donors (Lipinski definition) is 0. The third-order valence-electron chi connectivity index (χ3n) is 4.86. The molecule has 0 aromatic heterocycles. The van der Waals surface area contributed by atoms with Crippen molar-refractivity contribution in [1.82, 2.24) is 9.80 Å². The first kappa shape index (κ1) is 18.5. The molecule has 0 radical (unpaired) electrons. The lowest BCUT2D eigenvalue weighted by Crippen LogP contribution is -2.56. The van der Waals surface area contributed by atoms with E-state index in [2.05, 4.69) is 11.1 Å². The summed E-state index contributed by atoms with van der Waals surface area (Å²) in [5, 5.41) is 18.4. The predicted octanol–water partition coefficient (Wildman–Crippen LogP) is 1.79. The number of guanidine groups is 1. The van der Waals surface area contributed by atoms with Crippen molar-refractivity contribution in [2.75, 3.05) is 20.1 Å². The summed E-state index contributed by atoms with van der Waals surface area (Å²) in [5.74, 6) is 0.705. The molecule has 0 aliphatic carbocycles. The van der Waals surface area contributed by atoms with Gasteiger partial charge in [0.2, 0.25) is 12.2 Å². The van der Waals surface area contributed by atoms with Gasteiger partial charge in [0.25, 0.3) is 0 Å². The van der Waals surface area contributed by atoms with E-state index in [0.717, 1.165) is 5.56 Å². The van der Waals surface area contributed by atoms with Gasteiger partial charge in [-0.15, -0.1) is 4.99 Å². The molecule has 1 aromatic rings. The number of carbonyl (C=O) groups excluding carboxylic acids is 1. The number of aliphatic imine (C=N–C) groups is 1. The number of benzene rings is 1. The Kier molecular flexibility index (Phi) is 4.67. The Bertz CT molecular complexity index is 880. The van der Waals surface area contributed by atoms with Gasteiger partial charge in [0.15, 0.2) is 6.10 Å². The predicted molar refractivity (Wildman–Crippen MR) is 96.5 cm³/mol. The van der Waals surface area contributed by atoms with Gasteiger partial charge in [-0.2, -0.15) is 10.5 Å². The molecule has 2 aliphatic rings. The Morgan fingerprint density at radius 1 is 1.37 bits per heavy atom. The largest absolute Gasteiger partial charge is 0.484 e. The zero-order valence-electron chi connectivity index (χ0n) is 15.8. The fourth-order valence-electron chi connectivity index (χ4n) is 3.68. The van der Waals surface area contributed by atoms with Gasteiger partial charge in [-0.3, -0.25) is 4.79 Å². The standard InChI is InChI=1S/C19H21N5O3/c1-12(25)26-17-16(24-8-7-23(4)18(24)22-11-21)14-9-13(10-20)5-6-15(14)27-19(17,2)3/h5-6,9,16-17H,7-8H2,1-4H3/b22-18+. The molecule has 1 saturated heterocycles. The van der Waals surface area contributed by atoms with Crippen LogP contribution in [0.2, 0.25) is 0 Å². The van der Waals surface area contributed by atoms with Crippen LogP contribution in [0.25, 0.3) is 0 Å². The summed E-state index contributed by atoms with van der Waals surface area (Å²) in [6.07, 6.45) is 1.20. The lowest BCUT2D eigenvalue weighted by Gasteiger charge is -2.47. The third kappa shape index (κ3) is 3.26. The molecule has 8 heteroatoms. The molecule has 1 fully saturated rings. The van der Waals surface area contributed by atoms with Crippen molar-refractivity contribution in [3.8, 4) is 18.0 Å². The smallest absolute Gasteiger partial charge is 0.303 e. The summed E-state index contributed by atoms with van der Waals surface area (Å²) in [4.78, 5) is 19.6. The third-order valence-corrected chi connectivity index (χ3v) is 4.86. The van der Waals surface area contributed by atoms with Crippen molar-refractivity contribution in [2.45, 2.75) is 38.5 Å². The van der Waals surface area contributed by atoms with Crippen LogP contribution in [0.1, 0.15) is 37.9 Å². The molecule has 0 saturated carbocycles. The topological polar surface area (TPSA) is 102 Å². The SMILES string of the molecule is CC(=O)OC1C(N2CCN(C)/C2=N\C#N)c2cc(C#N)ccc2OC1(C)C. The Morgan fingerprint density at radius 2 is 2.11 bits per heavy atom. The molecule has 140 valence electrons. The van der Waals surface area contributed by atoms with E-state index in [-0.39, 0.29) is 0 Å². The minimum absolute atomic E-state index is 0.423. The molecule has 0 bridgehead atoms. The first-order valence-electron chi connectivity index (χ1n) is 8.63. The second-order valence-electron chi connectivity index (χ2n) is 7.17. The monoisotopic (exact) mass is 367 g/mol. The lowest BCUT2D eigenvalue weighted by molar-refractivity contribution is -0.166. The number of likely N-dealkylation sites (N-methyl/N-ethyl adjacent to an activating group) is 1. The van der Waals surface area contributed by atoms with Gasteiger partial charge in [0.05, 0.1) is 11.6 Å². The van der Waals surface area contributed by atoms with Crippen molar-refractivity contribution in [1.29, 1.82) is 10.5 Å². The quantitative estimate of drug-likeness (QED) is 0.580. The van der Waals surface area contributed by atoms with Crippen LogP contribution in [-0.2, 0) is 9.53 Å². The fraction of sp³-hybridized carbons (Fsp3) is 0.474. The van der Waals surface area contributed by atoms with Crippen molar-refractivity contribution in [3.05, 3.63) is 29.3 Å². The van der Waals surface area contributed by atoms with Crippen LogP contribution in [0.5, 0.6) is 5.75 Å². The second kappa shape index (κ2) is 6.81. The van der Waals surface area contributed by atoms with Crippen LogP contribution in [0, 0.1) is 22.8 Å². The number of nitrogens with zero attached hydrogens (tertiary/aromatic N) is 5. The zero-order valence-corrected chi connectivity index (χ0v) is 15.8. The number of nitriles is 2. The summed E-state index contributed by atoms with van der Waals surface area (Å²) in [6.45, 7) is 6.35. The first-order valence-corrected chi connectivity index (χ1v) is 8.63. The molecular weight excluding hydrogens is 346 g/mol. The molecule has 3 rings (SSSR count). The zero-order chi connectivity index (χ0) is 19.8.